The second kappa shape index (κ2) is 14.0. The Kier molecular flexibility index (Phi) is 10.8. The van der Waals surface area contributed by atoms with Crippen molar-refractivity contribution in [3.8, 4) is 10.4 Å². The summed E-state index contributed by atoms with van der Waals surface area (Å²) in [5.41, 5.74) is 2.71. The predicted octanol–water partition coefficient (Wildman–Crippen LogP) is 2.81. The molecule has 0 radical (unpaired) electrons. The van der Waals surface area contributed by atoms with Crippen LogP contribution in [-0.2, 0) is 14.4 Å². The lowest BCUT2D eigenvalue weighted by Crippen LogP contribution is -2.59. The summed E-state index contributed by atoms with van der Waals surface area (Å²) in [6.07, 6.45) is 0.0214. The van der Waals surface area contributed by atoms with Crippen molar-refractivity contribution in [2.75, 3.05) is 39.8 Å². The molecule has 2 aliphatic heterocycles. The molecule has 1 aromatic carbocycles. The van der Waals surface area contributed by atoms with Gasteiger partial charge >= 0.3 is 0 Å². The van der Waals surface area contributed by atoms with Crippen LogP contribution in [0.15, 0.2) is 29.8 Å². The highest BCUT2D eigenvalue weighted by atomic mass is 32.1. The lowest BCUT2D eigenvalue weighted by Gasteiger charge is -2.36. The first-order valence-corrected chi connectivity index (χ1v) is 16.2. The lowest BCUT2D eigenvalue weighted by molar-refractivity contribution is -0.144. The molecule has 2 saturated heterocycles. The van der Waals surface area contributed by atoms with E-state index in [1.165, 1.54) is 4.90 Å². The number of halogens is 1. The van der Waals surface area contributed by atoms with Gasteiger partial charge in [-0.05, 0) is 63.4 Å². The number of aliphatic hydroxyl groups excluding tert-OH is 1. The number of benzene rings is 1. The first-order chi connectivity index (χ1) is 20.7. The number of nitrogens with one attached hydrogen (secondary N) is 3. The molecule has 3 amide bonds. The van der Waals surface area contributed by atoms with Crippen molar-refractivity contribution in [1.29, 1.82) is 0 Å². The number of carbonyl (C=O) groups excluding carboxylic acids is 3. The SMILES string of the molecule is Cc1ncsc1-c1ccc([C@H](C)NC(=O)[C@@H]2C[C@@H](O)CN2C(=O)[C@@H](NC(=O)CN(C)CC2(F)CCNCC2)C(C)(C)C)cc1. The Hall–Kier alpha value is -2.93. The van der Waals surface area contributed by atoms with E-state index in [1.807, 2.05) is 64.4 Å². The number of thiazole rings is 1. The van der Waals surface area contributed by atoms with Crippen LogP contribution in [0.3, 0.4) is 0 Å². The molecular formula is C32H47FN6O4S. The second-order valence-corrected chi connectivity index (χ2v) is 14.3. The highest BCUT2D eigenvalue weighted by molar-refractivity contribution is 7.13. The van der Waals surface area contributed by atoms with E-state index in [0.717, 1.165) is 21.7 Å². The number of alkyl halides is 1. The van der Waals surface area contributed by atoms with Crippen LogP contribution in [0.1, 0.15) is 64.3 Å². The van der Waals surface area contributed by atoms with E-state index in [1.54, 1.807) is 23.3 Å². The molecule has 3 heterocycles. The number of rotatable bonds is 10. The van der Waals surface area contributed by atoms with Gasteiger partial charge in [0.05, 0.1) is 34.8 Å². The Balaban J connectivity index is 1.40. The number of aliphatic hydroxyl groups is 1. The number of likely N-dealkylation sites (N-methyl/N-ethyl adjacent to an activating group) is 1. The molecular weight excluding hydrogens is 583 g/mol. The largest absolute Gasteiger partial charge is 0.391 e. The highest BCUT2D eigenvalue weighted by Crippen LogP contribution is 2.30. The smallest absolute Gasteiger partial charge is 0.246 e. The zero-order valence-electron chi connectivity index (χ0n) is 26.7. The first kappa shape index (κ1) is 34.0. The van der Waals surface area contributed by atoms with E-state index in [-0.39, 0.29) is 38.0 Å². The molecule has 4 atom stereocenters. The summed E-state index contributed by atoms with van der Waals surface area (Å²) in [5, 5.41) is 19.5. The van der Waals surface area contributed by atoms with Crippen molar-refractivity contribution >= 4 is 29.1 Å². The standard InChI is InChI=1S/C32H47FN6O4S/c1-20(22-7-9-23(10-8-22)27-21(2)35-19-44-27)36-29(42)25-15-24(40)16-39(25)30(43)28(31(3,4)5)37-26(41)17-38(6)18-32(33)11-13-34-14-12-32/h7-10,19-20,24-25,28,34,40H,11-18H2,1-6H3,(H,36,42)(H,37,41)/t20-,24+,25-,28+/m0/s1. The Morgan fingerprint density at radius 3 is 2.45 bits per heavy atom. The Morgan fingerprint density at radius 2 is 1.86 bits per heavy atom. The number of hydrogen-bond acceptors (Lipinski definition) is 8. The number of aromatic nitrogens is 1. The summed E-state index contributed by atoms with van der Waals surface area (Å²) in [6.45, 7) is 10.6. The fourth-order valence-corrected chi connectivity index (χ4v) is 6.85. The highest BCUT2D eigenvalue weighted by Gasteiger charge is 2.45. The van der Waals surface area contributed by atoms with E-state index in [0.29, 0.717) is 25.9 Å². The number of piperidine rings is 1. The number of amides is 3. The molecule has 242 valence electrons. The lowest BCUT2D eigenvalue weighted by atomic mass is 9.85. The maximum Gasteiger partial charge on any atom is 0.246 e. The predicted molar refractivity (Wildman–Crippen MR) is 170 cm³/mol. The maximum absolute atomic E-state index is 15.2. The third kappa shape index (κ3) is 8.41. The van der Waals surface area contributed by atoms with Crippen molar-refractivity contribution in [1.82, 2.24) is 30.7 Å². The third-order valence-electron chi connectivity index (χ3n) is 8.53. The molecule has 2 aliphatic rings. The summed E-state index contributed by atoms with van der Waals surface area (Å²) < 4.78 is 15.2. The summed E-state index contributed by atoms with van der Waals surface area (Å²) in [4.78, 5) is 48.9. The number of nitrogens with zero attached hydrogens (tertiary/aromatic N) is 3. The van der Waals surface area contributed by atoms with E-state index >= 15 is 4.39 Å². The molecule has 2 fully saturated rings. The monoisotopic (exact) mass is 630 g/mol. The van der Waals surface area contributed by atoms with Crippen LogP contribution in [0.25, 0.3) is 10.4 Å². The van der Waals surface area contributed by atoms with Crippen molar-refractivity contribution < 1.29 is 23.9 Å². The van der Waals surface area contributed by atoms with E-state index in [4.69, 9.17) is 0 Å². The second-order valence-electron chi connectivity index (χ2n) is 13.5. The van der Waals surface area contributed by atoms with Gasteiger partial charge in [-0.1, -0.05) is 45.0 Å². The third-order valence-corrected chi connectivity index (χ3v) is 9.50. The van der Waals surface area contributed by atoms with Crippen LogP contribution in [0.4, 0.5) is 4.39 Å². The molecule has 4 N–H and O–H groups in total. The maximum atomic E-state index is 15.2. The average molecular weight is 631 g/mol. The fraction of sp³-hybridized carbons (Fsp3) is 0.625. The van der Waals surface area contributed by atoms with Crippen LogP contribution in [0, 0.1) is 12.3 Å². The van der Waals surface area contributed by atoms with Gasteiger partial charge in [-0.25, -0.2) is 9.37 Å². The van der Waals surface area contributed by atoms with Crippen molar-refractivity contribution in [3.63, 3.8) is 0 Å². The summed E-state index contributed by atoms with van der Waals surface area (Å²) in [7, 11) is 1.70. The van der Waals surface area contributed by atoms with Gasteiger partial charge < -0.3 is 26.0 Å². The van der Waals surface area contributed by atoms with Crippen molar-refractivity contribution in [3.05, 3.63) is 41.0 Å². The quantitative estimate of drug-likeness (QED) is 0.318. The van der Waals surface area contributed by atoms with Crippen LogP contribution in [0.2, 0.25) is 0 Å². The van der Waals surface area contributed by atoms with Gasteiger partial charge in [-0.3, -0.25) is 19.3 Å². The van der Waals surface area contributed by atoms with Gasteiger partial charge in [0.1, 0.15) is 17.8 Å². The Bertz CT molecular complexity index is 1310. The molecule has 0 bridgehead atoms. The van der Waals surface area contributed by atoms with Crippen LogP contribution >= 0.6 is 11.3 Å². The van der Waals surface area contributed by atoms with Crippen LogP contribution in [-0.4, -0.2) is 101 Å². The van der Waals surface area contributed by atoms with E-state index in [9.17, 15) is 19.5 Å². The molecule has 0 saturated carbocycles. The molecule has 4 rings (SSSR count). The molecule has 44 heavy (non-hydrogen) atoms. The Morgan fingerprint density at radius 1 is 1.20 bits per heavy atom. The normalized spacial score (nSPS) is 21.6. The zero-order chi connectivity index (χ0) is 32.2. The zero-order valence-corrected chi connectivity index (χ0v) is 27.5. The van der Waals surface area contributed by atoms with Gasteiger partial charge in [0.2, 0.25) is 17.7 Å². The summed E-state index contributed by atoms with van der Waals surface area (Å²) in [6, 6.07) is 5.77. The Labute approximate surface area is 263 Å². The van der Waals surface area contributed by atoms with Gasteiger partial charge in [0, 0.05) is 19.5 Å². The molecule has 0 spiro atoms. The van der Waals surface area contributed by atoms with Crippen molar-refractivity contribution in [2.45, 2.75) is 83.8 Å². The van der Waals surface area contributed by atoms with Gasteiger partial charge in [-0.15, -0.1) is 11.3 Å². The van der Waals surface area contributed by atoms with Gasteiger partial charge in [0.25, 0.3) is 0 Å². The van der Waals surface area contributed by atoms with Gasteiger partial charge in [0.15, 0.2) is 0 Å². The molecule has 2 aromatic rings. The fourth-order valence-electron chi connectivity index (χ4n) is 6.04. The number of carbonyl (C=O) groups is 3. The number of hydrogen-bond donors (Lipinski definition) is 4. The minimum Gasteiger partial charge on any atom is -0.391 e. The molecule has 0 unspecified atom stereocenters. The van der Waals surface area contributed by atoms with E-state index in [2.05, 4.69) is 20.9 Å². The molecule has 0 aliphatic carbocycles. The average Bonchev–Trinajstić information content (AvgIpc) is 3.56. The van der Waals surface area contributed by atoms with Crippen LogP contribution < -0.4 is 16.0 Å². The number of β-amino-alcohol motifs (C(OH)–C–C–N with tert-alkyl or cyclic N) is 1. The number of aryl methyl sites for hydroxylation is 1. The van der Waals surface area contributed by atoms with Crippen molar-refractivity contribution in [2.24, 2.45) is 5.41 Å². The summed E-state index contributed by atoms with van der Waals surface area (Å²) in [5.74, 6) is -1.19. The first-order valence-electron chi connectivity index (χ1n) is 15.3. The van der Waals surface area contributed by atoms with Gasteiger partial charge in [-0.2, -0.15) is 0 Å². The van der Waals surface area contributed by atoms with Crippen LogP contribution in [0.5, 0.6) is 0 Å². The summed E-state index contributed by atoms with van der Waals surface area (Å²) >= 11 is 1.58. The minimum absolute atomic E-state index is 0.00500. The molecule has 12 heteroatoms. The van der Waals surface area contributed by atoms with E-state index < -0.39 is 41.1 Å². The minimum atomic E-state index is -1.36. The molecule has 1 aromatic heterocycles. The number of likely N-dealkylation sites (tertiary alicyclic amines) is 1. The topological polar surface area (TPSA) is 127 Å². The molecule has 10 nitrogen and oxygen atoms in total.